The number of carbonyl (C=O) groups is 1. The number of nitrogens with one attached hydrogen (secondary N) is 1. The van der Waals surface area contributed by atoms with Gasteiger partial charge in [0.25, 0.3) is 0 Å². The first kappa shape index (κ1) is 15.1. The molecular formula is C17H12ClNO4. The van der Waals surface area contributed by atoms with Crippen LogP contribution in [0.2, 0.25) is 5.02 Å². The fraction of sp³-hybridized carbons (Fsp3) is 0.0588. The van der Waals surface area contributed by atoms with E-state index in [1.54, 1.807) is 36.4 Å². The molecule has 23 heavy (non-hydrogen) atoms. The van der Waals surface area contributed by atoms with Gasteiger partial charge >= 0.3 is 5.97 Å². The summed E-state index contributed by atoms with van der Waals surface area (Å²) in [6.07, 6.45) is 0. The molecule has 5 nitrogen and oxygen atoms in total. The van der Waals surface area contributed by atoms with E-state index in [0.29, 0.717) is 21.9 Å². The standard InChI is InChI=1S/C17H12ClNO4/c1-23-11-5-6-13-12(8-11)16(20)14(17(21)22)15(19-13)9-3-2-4-10(18)7-9/h2-8H,1H3,(H,19,20)(H,21,22). The van der Waals surface area contributed by atoms with Gasteiger partial charge in [0, 0.05) is 10.6 Å². The Bertz CT molecular complexity index is 978. The van der Waals surface area contributed by atoms with Crippen LogP contribution in [0.3, 0.4) is 0 Å². The lowest BCUT2D eigenvalue weighted by Gasteiger charge is -2.10. The van der Waals surface area contributed by atoms with E-state index in [9.17, 15) is 14.7 Å². The van der Waals surface area contributed by atoms with Crippen molar-refractivity contribution in [1.82, 2.24) is 4.98 Å². The van der Waals surface area contributed by atoms with Crippen LogP contribution in [-0.2, 0) is 0 Å². The van der Waals surface area contributed by atoms with Crippen LogP contribution in [0.1, 0.15) is 10.4 Å². The number of carboxylic acids is 1. The van der Waals surface area contributed by atoms with Crippen molar-refractivity contribution in [3.8, 4) is 17.0 Å². The summed E-state index contributed by atoms with van der Waals surface area (Å²) < 4.78 is 5.09. The minimum absolute atomic E-state index is 0.225. The number of carboxylic acid groups (broad SMARTS) is 1. The van der Waals surface area contributed by atoms with Crippen molar-refractivity contribution in [2.45, 2.75) is 0 Å². The van der Waals surface area contributed by atoms with Gasteiger partial charge in [-0.3, -0.25) is 4.79 Å². The van der Waals surface area contributed by atoms with Crippen molar-refractivity contribution in [2.24, 2.45) is 0 Å². The van der Waals surface area contributed by atoms with Crippen LogP contribution in [0.25, 0.3) is 22.2 Å². The topological polar surface area (TPSA) is 79.4 Å². The number of aromatic amines is 1. The van der Waals surface area contributed by atoms with Gasteiger partial charge in [-0.2, -0.15) is 0 Å². The third-order valence-electron chi connectivity index (χ3n) is 3.54. The van der Waals surface area contributed by atoms with E-state index in [1.165, 1.54) is 13.2 Å². The molecule has 0 atom stereocenters. The Balaban J connectivity index is 2.40. The number of fused-ring (bicyclic) bond motifs is 1. The summed E-state index contributed by atoms with van der Waals surface area (Å²) in [6, 6.07) is 11.6. The van der Waals surface area contributed by atoms with E-state index in [2.05, 4.69) is 4.98 Å². The van der Waals surface area contributed by atoms with Gasteiger partial charge < -0.3 is 14.8 Å². The lowest BCUT2D eigenvalue weighted by molar-refractivity contribution is 0.0696. The molecule has 1 aromatic heterocycles. The van der Waals surface area contributed by atoms with Gasteiger partial charge in [-0.1, -0.05) is 23.7 Å². The molecule has 2 N–H and O–H groups in total. The summed E-state index contributed by atoms with van der Waals surface area (Å²) in [5.41, 5.74) is 0.385. The highest BCUT2D eigenvalue weighted by Gasteiger charge is 2.20. The maximum atomic E-state index is 12.6. The highest BCUT2D eigenvalue weighted by atomic mass is 35.5. The number of aromatic carboxylic acids is 1. The zero-order chi connectivity index (χ0) is 16.6. The van der Waals surface area contributed by atoms with Crippen molar-refractivity contribution in [3.63, 3.8) is 0 Å². The molecule has 116 valence electrons. The normalized spacial score (nSPS) is 10.7. The average Bonchev–Trinajstić information content (AvgIpc) is 2.54. The van der Waals surface area contributed by atoms with Gasteiger partial charge in [0.1, 0.15) is 11.3 Å². The predicted octanol–water partition coefficient (Wildman–Crippen LogP) is 3.56. The van der Waals surface area contributed by atoms with Crippen LogP contribution in [0.5, 0.6) is 5.75 Å². The van der Waals surface area contributed by atoms with Crippen molar-refractivity contribution in [2.75, 3.05) is 7.11 Å². The van der Waals surface area contributed by atoms with Crippen LogP contribution < -0.4 is 10.2 Å². The first-order valence-corrected chi connectivity index (χ1v) is 7.12. The van der Waals surface area contributed by atoms with Gasteiger partial charge in [-0.05, 0) is 30.3 Å². The average molecular weight is 330 g/mol. The summed E-state index contributed by atoms with van der Waals surface area (Å²) in [4.78, 5) is 27.3. The molecule has 2 aromatic carbocycles. The van der Waals surface area contributed by atoms with Crippen LogP contribution in [0.15, 0.2) is 47.3 Å². The first-order valence-electron chi connectivity index (χ1n) is 6.74. The third kappa shape index (κ3) is 2.66. The Morgan fingerprint density at radius 1 is 1.22 bits per heavy atom. The number of H-pyrrole nitrogens is 1. The molecule has 3 aromatic rings. The smallest absolute Gasteiger partial charge is 0.341 e. The van der Waals surface area contributed by atoms with Gasteiger partial charge in [-0.15, -0.1) is 0 Å². The summed E-state index contributed by atoms with van der Waals surface area (Å²) in [6.45, 7) is 0. The Morgan fingerprint density at radius 2 is 2.00 bits per heavy atom. The number of methoxy groups -OCH3 is 1. The fourth-order valence-electron chi connectivity index (χ4n) is 2.46. The molecule has 3 rings (SSSR count). The lowest BCUT2D eigenvalue weighted by Crippen LogP contribution is -2.18. The maximum Gasteiger partial charge on any atom is 0.341 e. The summed E-state index contributed by atoms with van der Waals surface area (Å²) in [7, 11) is 1.48. The predicted molar refractivity (Wildman–Crippen MR) is 88.5 cm³/mol. The molecule has 0 fully saturated rings. The molecule has 0 saturated carbocycles. The quantitative estimate of drug-likeness (QED) is 0.770. The van der Waals surface area contributed by atoms with Crippen molar-refractivity contribution in [3.05, 3.63) is 63.3 Å². The second-order valence-corrected chi connectivity index (χ2v) is 5.37. The van der Waals surface area contributed by atoms with E-state index >= 15 is 0 Å². The summed E-state index contributed by atoms with van der Waals surface area (Å²) in [5.74, 6) is -0.819. The van der Waals surface area contributed by atoms with E-state index in [-0.39, 0.29) is 16.6 Å². The minimum atomic E-state index is -1.30. The highest BCUT2D eigenvalue weighted by molar-refractivity contribution is 6.30. The van der Waals surface area contributed by atoms with Gasteiger partial charge in [0.2, 0.25) is 5.43 Å². The SMILES string of the molecule is COc1ccc2[nH]c(-c3cccc(Cl)c3)c(C(=O)O)c(=O)c2c1. The van der Waals surface area contributed by atoms with Crippen molar-refractivity contribution in [1.29, 1.82) is 0 Å². The third-order valence-corrected chi connectivity index (χ3v) is 3.77. The number of rotatable bonds is 3. The first-order chi connectivity index (χ1) is 11.0. The Hall–Kier alpha value is -2.79. The van der Waals surface area contributed by atoms with Gasteiger partial charge in [-0.25, -0.2) is 4.79 Å². The number of halogens is 1. The minimum Gasteiger partial charge on any atom is -0.497 e. The molecule has 0 saturated heterocycles. The molecule has 0 spiro atoms. The van der Waals surface area contributed by atoms with Gasteiger partial charge in [0.05, 0.1) is 23.7 Å². The molecule has 0 aliphatic rings. The number of benzene rings is 2. The number of aromatic nitrogens is 1. The number of pyridine rings is 1. The lowest BCUT2D eigenvalue weighted by atomic mass is 10.0. The second-order valence-electron chi connectivity index (χ2n) is 4.93. The molecule has 0 aliphatic carbocycles. The zero-order valence-corrected chi connectivity index (χ0v) is 12.8. The van der Waals surface area contributed by atoms with E-state index < -0.39 is 11.4 Å². The number of hydrogen-bond donors (Lipinski definition) is 2. The van der Waals surface area contributed by atoms with Crippen molar-refractivity contribution >= 4 is 28.5 Å². The van der Waals surface area contributed by atoms with Gasteiger partial charge in [0.15, 0.2) is 0 Å². The Labute approximate surface area is 136 Å². The number of hydrogen-bond acceptors (Lipinski definition) is 3. The zero-order valence-electron chi connectivity index (χ0n) is 12.1. The highest BCUT2D eigenvalue weighted by Crippen LogP contribution is 2.26. The molecule has 0 aliphatic heterocycles. The molecule has 0 radical (unpaired) electrons. The molecule has 0 unspecified atom stereocenters. The molecule has 0 bridgehead atoms. The number of ether oxygens (including phenoxy) is 1. The summed E-state index contributed by atoms with van der Waals surface area (Å²) in [5, 5.41) is 10.2. The molecule has 0 amide bonds. The van der Waals surface area contributed by atoms with Crippen LogP contribution >= 0.6 is 11.6 Å². The second kappa shape index (κ2) is 5.78. The van der Waals surface area contributed by atoms with E-state index in [1.807, 2.05) is 0 Å². The Kier molecular flexibility index (Phi) is 3.80. The van der Waals surface area contributed by atoms with Crippen molar-refractivity contribution < 1.29 is 14.6 Å². The molecular weight excluding hydrogens is 318 g/mol. The fourth-order valence-corrected chi connectivity index (χ4v) is 2.65. The van der Waals surface area contributed by atoms with E-state index in [4.69, 9.17) is 16.3 Å². The van der Waals surface area contributed by atoms with Crippen LogP contribution in [0, 0.1) is 0 Å². The van der Waals surface area contributed by atoms with Crippen LogP contribution in [0.4, 0.5) is 0 Å². The van der Waals surface area contributed by atoms with E-state index in [0.717, 1.165) is 0 Å². The van der Waals surface area contributed by atoms with Crippen LogP contribution in [-0.4, -0.2) is 23.2 Å². The summed E-state index contributed by atoms with van der Waals surface area (Å²) >= 11 is 5.97. The Morgan fingerprint density at radius 3 is 2.65 bits per heavy atom. The largest absolute Gasteiger partial charge is 0.497 e. The molecule has 1 heterocycles. The maximum absolute atomic E-state index is 12.6. The monoisotopic (exact) mass is 329 g/mol. The molecule has 6 heteroatoms.